The van der Waals surface area contributed by atoms with E-state index in [0.29, 0.717) is 4.90 Å². The maximum absolute atomic E-state index is 13.9. The SMILES string of the molecule is O=C(O)CN(CC(=O)O)C(CCCCNC(=O)CCC(F)(F)C(F)(F)C(F)(F)C(F)(F)C(F)(F)C(F)(F)C(F)(F)C(F)(F)F)C(=O)O. The number of alkyl halides is 17. The van der Waals surface area contributed by atoms with Gasteiger partial charge in [-0.05, 0) is 19.3 Å². The van der Waals surface area contributed by atoms with Crippen LogP contribution < -0.4 is 5.32 Å². The van der Waals surface area contributed by atoms with Gasteiger partial charge >= 0.3 is 65.5 Å². The molecular formula is C21H21F17N2O7. The van der Waals surface area contributed by atoms with E-state index in [1.54, 1.807) is 5.32 Å². The molecule has 4 N–H and O–H groups in total. The Morgan fingerprint density at radius 2 is 0.957 bits per heavy atom. The zero-order valence-corrected chi connectivity index (χ0v) is 22.6. The Bertz CT molecular complexity index is 1130. The molecule has 0 aromatic rings. The Morgan fingerprint density at radius 3 is 1.32 bits per heavy atom. The molecule has 0 aromatic heterocycles. The van der Waals surface area contributed by atoms with Crippen molar-refractivity contribution in [1.29, 1.82) is 0 Å². The smallest absolute Gasteiger partial charge is 0.460 e. The molecule has 47 heavy (non-hydrogen) atoms. The highest BCUT2D eigenvalue weighted by atomic mass is 19.4. The lowest BCUT2D eigenvalue weighted by molar-refractivity contribution is -0.461. The van der Waals surface area contributed by atoms with E-state index in [4.69, 9.17) is 10.2 Å². The normalized spacial score (nSPS) is 15.0. The molecule has 0 bridgehead atoms. The molecule has 0 aliphatic carbocycles. The van der Waals surface area contributed by atoms with E-state index in [1.807, 2.05) is 0 Å². The third-order valence-corrected chi connectivity index (χ3v) is 6.08. The standard InChI is InChI=1S/C21H21F17N2O7/c22-14(23,5-4-10(41)39-6-2-1-3-9(13(46)47)40(7-11(42)43)8-12(44)45)15(24,25)16(26,27)17(28,29)18(30,31)19(32,33)20(34,35)21(36,37)38/h9H,1-8H2,(H,39,41)(H,42,43)(H,44,45)(H,46,47). The fourth-order valence-corrected chi connectivity index (χ4v) is 3.49. The number of halogens is 17. The summed E-state index contributed by atoms with van der Waals surface area (Å²) in [6, 6.07) is -1.74. The fourth-order valence-electron chi connectivity index (χ4n) is 3.49. The number of carboxylic acids is 3. The van der Waals surface area contributed by atoms with Gasteiger partial charge in [0.2, 0.25) is 5.91 Å². The van der Waals surface area contributed by atoms with Crippen molar-refractivity contribution in [3.63, 3.8) is 0 Å². The van der Waals surface area contributed by atoms with E-state index in [1.165, 1.54) is 0 Å². The number of hydrogen-bond acceptors (Lipinski definition) is 5. The second-order valence-electron chi connectivity index (χ2n) is 9.54. The van der Waals surface area contributed by atoms with Crippen LogP contribution in [0.2, 0.25) is 0 Å². The monoisotopic (exact) mass is 736 g/mol. The molecule has 0 heterocycles. The van der Waals surface area contributed by atoms with Crippen molar-refractivity contribution in [2.45, 2.75) is 85.8 Å². The number of carbonyl (C=O) groups is 4. The fraction of sp³-hybridized carbons (Fsp3) is 0.810. The Kier molecular flexibility index (Phi) is 13.4. The van der Waals surface area contributed by atoms with Gasteiger partial charge in [0, 0.05) is 19.4 Å². The Hall–Kier alpha value is -3.35. The van der Waals surface area contributed by atoms with E-state index >= 15 is 0 Å². The molecule has 26 heteroatoms. The zero-order chi connectivity index (χ0) is 37.8. The second-order valence-corrected chi connectivity index (χ2v) is 9.54. The number of unbranched alkanes of at least 4 members (excludes halogenated alkanes) is 1. The summed E-state index contributed by atoms with van der Waals surface area (Å²) in [6.45, 7) is -2.82. The van der Waals surface area contributed by atoms with Crippen molar-refractivity contribution in [2.24, 2.45) is 0 Å². The molecule has 9 nitrogen and oxygen atoms in total. The third-order valence-electron chi connectivity index (χ3n) is 6.08. The first-order chi connectivity index (χ1) is 20.7. The number of amides is 1. The summed E-state index contributed by atoms with van der Waals surface area (Å²) in [4.78, 5) is 45.2. The molecule has 1 amide bonds. The summed E-state index contributed by atoms with van der Waals surface area (Å²) in [7, 11) is 0. The number of carbonyl (C=O) groups excluding carboxylic acids is 1. The summed E-state index contributed by atoms with van der Waals surface area (Å²) >= 11 is 0. The van der Waals surface area contributed by atoms with Crippen LogP contribution in [0.1, 0.15) is 32.1 Å². The van der Waals surface area contributed by atoms with Crippen LogP contribution in [0.15, 0.2) is 0 Å². The maximum Gasteiger partial charge on any atom is 0.460 e. The maximum atomic E-state index is 13.9. The molecule has 1 unspecified atom stereocenters. The van der Waals surface area contributed by atoms with Crippen molar-refractivity contribution < 1.29 is 109 Å². The molecule has 0 aromatic carbocycles. The Balaban J connectivity index is 5.62. The molecule has 0 radical (unpaired) electrons. The van der Waals surface area contributed by atoms with Crippen LogP contribution >= 0.6 is 0 Å². The van der Waals surface area contributed by atoms with Crippen molar-refractivity contribution >= 4 is 23.8 Å². The van der Waals surface area contributed by atoms with Crippen molar-refractivity contribution in [2.75, 3.05) is 19.6 Å². The second kappa shape index (κ2) is 14.4. The molecule has 0 aliphatic rings. The number of nitrogens with zero attached hydrogens (tertiary/aromatic N) is 1. The van der Waals surface area contributed by atoms with Crippen LogP contribution in [0.5, 0.6) is 0 Å². The highest BCUT2D eigenvalue weighted by Gasteiger charge is 2.95. The van der Waals surface area contributed by atoms with Crippen LogP contribution in [0.3, 0.4) is 0 Å². The largest absolute Gasteiger partial charge is 0.480 e. The molecule has 0 saturated carbocycles. The first kappa shape index (κ1) is 43.6. The topological polar surface area (TPSA) is 144 Å². The summed E-state index contributed by atoms with van der Waals surface area (Å²) in [5, 5.41) is 28.4. The van der Waals surface area contributed by atoms with Crippen LogP contribution in [-0.2, 0) is 19.2 Å². The molecule has 1 atom stereocenters. The summed E-state index contributed by atoms with van der Waals surface area (Å²) < 4.78 is 226. The average molecular weight is 736 g/mol. The average Bonchev–Trinajstić information content (AvgIpc) is 2.86. The Morgan fingerprint density at radius 1 is 0.574 bits per heavy atom. The van der Waals surface area contributed by atoms with Gasteiger partial charge in [-0.3, -0.25) is 24.1 Å². The van der Waals surface area contributed by atoms with Crippen molar-refractivity contribution in [1.82, 2.24) is 10.2 Å². The number of nitrogens with one attached hydrogen (secondary N) is 1. The van der Waals surface area contributed by atoms with E-state index in [9.17, 15) is 98.9 Å². The van der Waals surface area contributed by atoms with E-state index < -0.39 is 116 Å². The summed E-state index contributed by atoms with van der Waals surface area (Å²) in [5.41, 5.74) is 0. The van der Waals surface area contributed by atoms with Crippen LogP contribution in [0.25, 0.3) is 0 Å². The minimum absolute atomic E-state index is 0.311. The first-order valence-electron chi connectivity index (χ1n) is 12.1. The number of aliphatic carboxylic acids is 3. The van der Waals surface area contributed by atoms with Gasteiger partial charge in [0.25, 0.3) is 0 Å². The molecule has 0 saturated heterocycles. The van der Waals surface area contributed by atoms with Crippen molar-refractivity contribution in [3.8, 4) is 0 Å². The van der Waals surface area contributed by atoms with Gasteiger partial charge in [-0.25, -0.2) is 0 Å². The van der Waals surface area contributed by atoms with Crippen LogP contribution in [0, 0.1) is 0 Å². The Labute approximate surface area is 249 Å². The van der Waals surface area contributed by atoms with Gasteiger partial charge in [-0.1, -0.05) is 0 Å². The molecule has 276 valence electrons. The lowest BCUT2D eigenvalue weighted by Crippen LogP contribution is -2.74. The highest BCUT2D eigenvalue weighted by molar-refractivity contribution is 5.78. The van der Waals surface area contributed by atoms with Gasteiger partial charge < -0.3 is 20.6 Å². The number of rotatable bonds is 20. The zero-order valence-electron chi connectivity index (χ0n) is 22.6. The summed E-state index contributed by atoms with van der Waals surface area (Å²) in [6.07, 6.45) is -14.1. The van der Waals surface area contributed by atoms with Gasteiger partial charge in [0.05, 0.1) is 13.1 Å². The highest BCUT2D eigenvalue weighted by Crippen LogP contribution is 2.64. The quantitative estimate of drug-likeness (QED) is 0.101. The van der Waals surface area contributed by atoms with Crippen molar-refractivity contribution in [3.05, 3.63) is 0 Å². The van der Waals surface area contributed by atoms with E-state index in [0.717, 1.165) is 0 Å². The predicted octanol–water partition coefficient (Wildman–Crippen LogP) is 4.99. The molecule has 0 aliphatic heterocycles. The van der Waals surface area contributed by atoms with E-state index in [-0.39, 0.29) is 12.8 Å². The third kappa shape index (κ3) is 8.77. The summed E-state index contributed by atoms with van der Waals surface area (Å²) in [5.74, 6) is -64.3. The van der Waals surface area contributed by atoms with Gasteiger partial charge in [-0.2, -0.15) is 74.6 Å². The van der Waals surface area contributed by atoms with Gasteiger partial charge in [-0.15, -0.1) is 0 Å². The number of carboxylic acid groups (broad SMARTS) is 3. The lowest BCUT2D eigenvalue weighted by atomic mass is 9.88. The van der Waals surface area contributed by atoms with Gasteiger partial charge in [0.1, 0.15) is 6.04 Å². The molecule has 0 fully saturated rings. The molecule has 0 rings (SSSR count). The van der Waals surface area contributed by atoms with E-state index in [2.05, 4.69) is 0 Å². The molecule has 0 spiro atoms. The van der Waals surface area contributed by atoms with Crippen LogP contribution in [0.4, 0.5) is 74.6 Å². The molecular weight excluding hydrogens is 715 g/mol. The lowest BCUT2D eigenvalue weighted by Gasteiger charge is -2.42. The minimum Gasteiger partial charge on any atom is -0.480 e. The first-order valence-corrected chi connectivity index (χ1v) is 12.1. The minimum atomic E-state index is -8.77. The predicted molar refractivity (Wildman–Crippen MR) is 115 cm³/mol. The van der Waals surface area contributed by atoms with Gasteiger partial charge in [0.15, 0.2) is 0 Å². The number of hydrogen-bond donors (Lipinski definition) is 4. The van der Waals surface area contributed by atoms with Crippen LogP contribution in [-0.4, -0.2) is 117 Å².